The number of carboxylic acid groups (broad SMARTS) is 1. The van der Waals surface area contributed by atoms with Crippen molar-refractivity contribution >= 4 is 28.5 Å². The number of carboxylic acids is 1. The van der Waals surface area contributed by atoms with E-state index in [9.17, 15) is 9.90 Å². The number of pyridine rings is 1. The number of aromatic carboxylic acids is 1. The Morgan fingerprint density at radius 2 is 1.62 bits per heavy atom. The molecule has 3 nitrogen and oxygen atoms in total. The summed E-state index contributed by atoms with van der Waals surface area (Å²) in [6, 6.07) is 25.9. The van der Waals surface area contributed by atoms with Crippen LogP contribution in [0.2, 0.25) is 5.02 Å². The summed E-state index contributed by atoms with van der Waals surface area (Å²) < 4.78 is 0. The van der Waals surface area contributed by atoms with Gasteiger partial charge in [0.2, 0.25) is 0 Å². The van der Waals surface area contributed by atoms with Crippen LogP contribution >= 0.6 is 11.6 Å². The lowest BCUT2D eigenvalue weighted by atomic mass is 9.74. The fourth-order valence-corrected chi connectivity index (χ4v) is 4.69. The Balaban J connectivity index is 1.92. The molecule has 0 fully saturated rings. The number of hydrogen-bond donors (Lipinski definition) is 1. The predicted octanol–water partition coefficient (Wildman–Crippen LogP) is 7.61. The normalized spacial score (nSPS) is 13.1. The summed E-state index contributed by atoms with van der Waals surface area (Å²) in [5, 5.41) is 11.2. The van der Waals surface area contributed by atoms with Gasteiger partial charge in [-0.25, -0.2) is 4.79 Å². The molecule has 3 aromatic carbocycles. The van der Waals surface area contributed by atoms with Gasteiger partial charge < -0.3 is 5.11 Å². The van der Waals surface area contributed by atoms with Crippen LogP contribution in [0.1, 0.15) is 64.3 Å². The molecule has 0 aliphatic heterocycles. The zero-order valence-corrected chi connectivity index (χ0v) is 19.0. The van der Waals surface area contributed by atoms with Crippen LogP contribution in [-0.4, -0.2) is 16.1 Å². The van der Waals surface area contributed by atoms with Crippen LogP contribution in [0, 0.1) is 6.92 Å². The van der Waals surface area contributed by atoms with Crippen LogP contribution in [0.3, 0.4) is 0 Å². The van der Waals surface area contributed by atoms with E-state index in [2.05, 4.69) is 49.4 Å². The SMILES string of the molecule is CCC[C@H](c1ccc(C(=O)O)cc1)C(c1ccc(Cl)cc1)c1cccc2nc(C)ccc12. The average Bonchev–Trinajstić information content (AvgIpc) is 2.80. The van der Waals surface area contributed by atoms with Crippen molar-refractivity contribution < 1.29 is 9.90 Å². The van der Waals surface area contributed by atoms with E-state index in [0.29, 0.717) is 10.6 Å². The third-order valence-electron chi connectivity index (χ3n) is 6.06. The smallest absolute Gasteiger partial charge is 0.335 e. The Kier molecular flexibility index (Phi) is 6.57. The summed E-state index contributed by atoms with van der Waals surface area (Å²) >= 11 is 6.21. The second-order valence-corrected chi connectivity index (χ2v) is 8.65. The van der Waals surface area contributed by atoms with Gasteiger partial charge in [0.15, 0.2) is 0 Å². The lowest BCUT2D eigenvalue weighted by Gasteiger charge is -2.30. The molecule has 0 spiro atoms. The van der Waals surface area contributed by atoms with Crippen molar-refractivity contribution in [2.45, 2.75) is 38.5 Å². The van der Waals surface area contributed by atoms with Crippen LogP contribution in [0.5, 0.6) is 0 Å². The van der Waals surface area contributed by atoms with Crippen molar-refractivity contribution in [1.82, 2.24) is 4.98 Å². The Hall–Kier alpha value is -3.17. The van der Waals surface area contributed by atoms with E-state index in [1.54, 1.807) is 12.1 Å². The molecule has 4 aromatic rings. The summed E-state index contributed by atoms with van der Waals surface area (Å²) in [5.74, 6) is -0.652. The molecule has 1 heterocycles. The highest BCUT2D eigenvalue weighted by molar-refractivity contribution is 6.30. The molecule has 162 valence electrons. The molecule has 0 amide bonds. The number of carbonyl (C=O) groups is 1. The highest BCUT2D eigenvalue weighted by Gasteiger charge is 2.28. The van der Waals surface area contributed by atoms with Gasteiger partial charge in [0.05, 0.1) is 11.1 Å². The number of hydrogen-bond acceptors (Lipinski definition) is 2. The maximum absolute atomic E-state index is 11.4. The van der Waals surface area contributed by atoms with Gasteiger partial charge in [-0.1, -0.05) is 67.4 Å². The van der Waals surface area contributed by atoms with E-state index in [4.69, 9.17) is 16.6 Å². The lowest BCUT2D eigenvalue weighted by Crippen LogP contribution is -2.14. The van der Waals surface area contributed by atoms with Gasteiger partial charge >= 0.3 is 5.97 Å². The van der Waals surface area contributed by atoms with Crippen molar-refractivity contribution in [3.05, 3.63) is 112 Å². The molecule has 0 aliphatic rings. The Morgan fingerprint density at radius 1 is 0.938 bits per heavy atom. The van der Waals surface area contributed by atoms with E-state index in [1.165, 1.54) is 11.1 Å². The van der Waals surface area contributed by atoms with E-state index >= 15 is 0 Å². The number of benzene rings is 3. The molecule has 1 unspecified atom stereocenters. The molecule has 0 radical (unpaired) electrons. The third kappa shape index (κ3) is 4.53. The Morgan fingerprint density at radius 3 is 2.28 bits per heavy atom. The second kappa shape index (κ2) is 9.54. The molecule has 1 aromatic heterocycles. The second-order valence-electron chi connectivity index (χ2n) is 8.22. The van der Waals surface area contributed by atoms with Crippen molar-refractivity contribution in [2.75, 3.05) is 0 Å². The molecule has 0 saturated carbocycles. The van der Waals surface area contributed by atoms with Crippen LogP contribution in [0.15, 0.2) is 78.9 Å². The average molecular weight is 444 g/mol. The number of rotatable bonds is 7. The molecular formula is C28H26ClNO2. The van der Waals surface area contributed by atoms with Gasteiger partial charge in [0, 0.05) is 22.0 Å². The van der Waals surface area contributed by atoms with Crippen LogP contribution < -0.4 is 0 Å². The van der Waals surface area contributed by atoms with E-state index in [-0.39, 0.29) is 11.8 Å². The van der Waals surface area contributed by atoms with Gasteiger partial charge in [0.1, 0.15) is 0 Å². The van der Waals surface area contributed by atoms with Crippen LogP contribution in [0.25, 0.3) is 10.9 Å². The molecule has 0 aliphatic carbocycles. The maximum atomic E-state index is 11.4. The van der Waals surface area contributed by atoms with Crippen molar-refractivity contribution in [3.63, 3.8) is 0 Å². The van der Waals surface area contributed by atoms with Gasteiger partial charge in [-0.3, -0.25) is 4.98 Å². The summed E-state index contributed by atoms with van der Waals surface area (Å²) in [6.45, 7) is 4.19. The van der Waals surface area contributed by atoms with E-state index < -0.39 is 5.97 Å². The molecule has 4 rings (SSSR count). The summed E-state index contributed by atoms with van der Waals surface area (Å²) in [5.41, 5.74) is 5.82. The van der Waals surface area contributed by atoms with Gasteiger partial charge in [0.25, 0.3) is 0 Å². The first kappa shape index (κ1) is 22.0. The minimum atomic E-state index is -0.909. The third-order valence-corrected chi connectivity index (χ3v) is 6.31. The zero-order valence-electron chi connectivity index (χ0n) is 18.3. The number of fused-ring (bicyclic) bond motifs is 1. The Labute approximate surface area is 193 Å². The first-order valence-electron chi connectivity index (χ1n) is 10.9. The lowest BCUT2D eigenvalue weighted by molar-refractivity contribution is 0.0697. The van der Waals surface area contributed by atoms with E-state index in [0.717, 1.165) is 35.0 Å². The molecule has 4 heteroatoms. The van der Waals surface area contributed by atoms with E-state index in [1.807, 2.05) is 31.2 Å². The maximum Gasteiger partial charge on any atom is 0.335 e. The van der Waals surface area contributed by atoms with Crippen molar-refractivity contribution in [1.29, 1.82) is 0 Å². The summed E-state index contributed by atoms with van der Waals surface area (Å²) in [6.07, 6.45) is 1.98. The molecular weight excluding hydrogens is 418 g/mol. The molecule has 0 bridgehead atoms. The standard InChI is InChI=1S/C28H26ClNO2/c1-3-5-23(19-9-11-21(12-10-19)28(31)32)27(20-13-15-22(29)16-14-20)25-6-4-7-26-24(25)17-8-18(2)30-26/h4,6-17,23,27H,3,5H2,1-2H3,(H,31,32)/t23-,27?/m1/s1. The number of aryl methyl sites for hydroxylation is 1. The van der Waals surface area contributed by atoms with Crippen LogP contribution in [-0.2, 0) is 0 Å². The summed E-state index contributed by atoms with van der Waals surface area (Å²) in [7, 11) is 0. The molecule has 1 N–H and O–H groups in total. The Bertz CT molecular complexity index is 1230. The fourth-order valence-electron chi connectivity index (χ4n) is 4.56. The minimum absolute atomic E-state index is 0.0797. The zero-order chi connectivity index (χ0) is 22.7. The number of nitrogens with zero attached hydrogens (tertiary/aromatic N) is 1. The molecule has 0 saturated heterocycles. The topological polar surface area (TPSA) is 50.2 Å². The minimum Gasteiger partial charge on any atom is -0.478 e. The van der Waals surface area contributed by atoms with Gasteiger partial charge in [-0.2, -0.15) is 0 Å². The van der Waals surface area contributed by atoms with Gasteiger partial charge in [-0.05, 0) is 72.4 Å². The number of aromatic nitrogens is 1. The number of halogens is 1. The fraction of sp³-hybridized carbons (Fsp3) is 0.214. The highest BCUT2D eigenvalue weighted by Crippen LogP contribution is 2.43. The molecule has 2 atom stereocenters. The summed E-state index contributed by atoms with van der Waals surface area (Å²) in [4.78, 5) is 16.1. The monoisotopic (exact) mass is 443 g/mol. The van der Waals surface area contributed by atoms with Crippen LogP contribution in [0.4, 0.5) is 0 Å². The highest BCUT2D eigenvalue weighted by atomic mass is 35.5. The first-order chi connectivity index (χ1) is 15.5. The van der Waals surface area contributed by atoms with Crippen molar-refractivity contribution in [2.24, 2.45) is 0 Å². The predicted molar refractivity (Wildman–Crippen MR) is 131 cm³/mol. The molecule has 32 heavy (non-hydrogen) atoms. The largest absolute Gasteiger partial charge is 0.478 e. The quantitative estimate of drug-likeness (QED) is 0.319. The van der Waals surface area contributed by atoms with Gasteiger partial charge in [-0.15, -0.1) is 0 Å². The van der Waals surface area contributed by atoms with Crippen molar-refractivity contribution in [3.8, 4) is 0 Å². The first-order valence-corrected chi connectivity index (χ1v) is 11.3.